The van der Waals surface area contributed by atoms with Gasteiger partial charge < -0.3 is 9.64 Å². The largest absolute Gasteiger partial charge is 0.444 e. The Bertz CT molecular complexity index is 583. The van der Waals surface area contributed by atoms with Gasteiger partial charge in [0.05, 0.1) is 17.2 Å². The molecule has 0 radical (unpaired) electrons. The van der Waals surface area contributed by atoms with Crippen molar-refractivity contribution in [3.05, 3.63) is 34.1 Å². The van der Waals surface area contributed by atoms with E-state index in [2.05, 4.69) is 4.98 Å². The van der Waals surface area contributed by atoms with Gasteiger partial charge in [-0.1, -0.05) is 0 Å². The second-order valence-electron chi connectivity index (χ2n) is 5.94. The number of rotatable bonds is 6. The summed E-state index contributed by atoms with van der Waals surface area (Å²) in [5.41, 5.74) is -0.278. The average molecular weight is 343 g/mol. The first-order valence-corrected chi connectivity index (χ1v) is 8.68. The van der Waals surface area contributed by atoms with Gasteiger partial charge in [-0.15, -0.1) is 0 Å². The lowest BCUT2D eigenvalue weighted by Crippen LogP contribution is -2.38. The molecule has 0 aliphatic rings. The van der Waals surface area contributed by atoms with Gasteiger partial charge in [-0.3, -0.25) is 19.3 Å². The first kappa shape index (κ1) is 19.0. The highest BCUT2D eigenvalue weighted by Crippen LogP contribution is 2.14. The Morgan fingerprint density at radius 2 is 2.09 bits per heavy atom. The van der Waals surface area contributed by atoms with Crippen LogP contribution in [0.25, 0.3) is 0 Å². The van der Waals surface area contributed by atoms with Crippen molar-refractivity contribution in [1.29, 1.82) is 0 Å². The van der Waals surface area contributed by atoms with Crippen LogP contribution in [0.15, 0.2) is 18.3 Å². The van der Waals surface area contributed by atoms with Crippen molar-refractivity contribution >= 4 is 22.6 Å². The van der Waals surface area contributed by atoms with Crippen LogP contribution in [0.1, 0.15) is 26.5 Å². The van der Waals surface area contributed by atoms with Gasteiger partial charge >= 0.3 is 6.09 Å². The fourth-order valence-corrected chi connectivity index (χ4v) is 2.09. The second-order valence-corrected chi connectivity index (χ2v) is 7.50. The van der Waals surface area contributed by atoms with Crippen molar-refractivity contribution in [3.8, 4) is 0 Å². The Balaban J connectivity index is 2.84. The summed E-state index contributed by atoms with van der Waals surface area (Å²) in [7, 11) is -1.05. The highest BCUT2D eigenvalue weighted by Gasteiger charge is 2.23. The highest BCUT2D eigenvalue weighted by molar-refractivity contribution is 7.84. The van der Waals surface area contributed by atoms with E-state index in [1.54, 1.807) is 27.0 Å². The standard InChI is InChI=1S/C14H21N3O5S/c1-14(2,3)22-13(18)16(7-8-23(4)21)10-11-5-6-12(9-15-11)17(19)20/h5-6,9H,7-8,10H2,1-4H3. The Kier molecular flexibility index (Phi) is 6.62. The molecule has 0 N–H and O–H groups in total. The molecule has 0 aliphatic carbocycles. The van der Waals surface area contributed by atoms with E-state index in [4.69, 9.17) is 4.74 Å². The third-order valence-electron chi connectivity index (χ3n) is 2.67. The number of carbonyl (C=O) groups is 1. The summed E-state index contributed by atoms with van der Waals surface area (Å²) < 4.78 is 16.6. The van der Waals surface area contributed by atoms with Crippen molar-refractivity contribution in [2.24, 2.45) is 0 Å². The number of aromatic nitrogens is 1. The van der Waals surface area contributed by atoms with Crippen molar-refractivity contribution in [3.63, 3.8) is 0 Å². The predicted molar refractivity (Wildman–Crippen MR) is 86.5 cm³/mol. The van der Waals surface area contributed by atoms with Gasteiger partial charge in [-0.05, 0) is 26.8 Å². The van der Waals surface area contributed by atoms with Crippen molar-refractivity contribution < 1.29 is 18.7 Å². The summed E-state index contributed by atoms with van der Waals surface area (Å²) >= 11 is 0. The number of carbonyl (C=O) groups excluding carboxylic acids is 1. The number of hydrogen-bond donors (Lipinski definition) is 0. The molecular weight excluding hydrogens is 322 g/mol. The van der Waals surface area contributed by atoms with Crippen molar-refractivity contribution in [2.45, 2.75) is 32.9 Å². The van der Waals surface area contributed by atoms with Crippen LogP contribution in [0, 0.1) is 10.1 Å². The average Bonchev–Trinajstić information content (AvgIpc) is 2.41. The van der Waals surface area contributed by atoms with Crippen LogP contribution < -0.4 is 0 Å². The lowest BCUT2D eigenvalue weighted by molar-refractivity contribution is -0.385. The van der Waals surface area contributed by atoms with E-state index in [0.29, 0.717) is 11.4 Å². The maximum absolute atomic E-state index is 12.2. The van der Waals surface area contributed by atoms with Gasteiger partial charge in [-0.2, -0.15) is 0 Å². The van der Waals surface area contributed by atoms with Gasteiger partial charge in [0.2, 0.25) is 0 Å². The molecule has 1 rings (SSSR count). The van der Waals surface area contributed by atoms with E-state index in [1.165, 1.54) is 17.0 Å². The van der Waals surface area contributed by atoms with Gasteiger partial charge in [0.1, 0.15) is 11.8 Å². The molecule has 0 saturated carbocycles. The smallest absolute Gasteiger partial charge is 0.410 e. The Morgan fingerprint density at radius 3 is 2.52 bits per heavy atom. The van der Waals surface area contributed by atoms with E-state index in [-0.39, 0.29) is 18.8 Å². The molecule has 23 heavy (non-hydrogen) atoms. The summed E-state index contributed by atoms with van der Waals surface area (Å²) in [5.74, 6) is 0.312. The quantitative estimate of drug-likeness (QED) is 0.579. The predicted octanol–water partition coefficient (Wildman–Crippen LogP) is 2.11. The van der Waals surface area contributed by atoms with Gasteiger partial charge in [0.15, 0.2) is 0 Å². The van der Waals surface area contributed by atoms with Crippen LogP contribution in [0.2, 0.25) is 0 Å². The van der Waals surface area contributed by atoms with Crippen molar-refractivity contribution in [2.75, 3.05) is 18.6 Å². The minimum atomic E-state index is -1.05. The van der Waals surface area contributed by atoms with Crippen LogP contribution in [0.5, 0.6) is 0 Å². The minimum Gasteiger partial charge on any atom is -0.444 e. The lowest BCUT2D eigenvalue weighted by Gasteiger charge is -2.27. The normalized spacial score (nSPS) is 12.5. The summed E-state index contributed by atoms with van der Waals surface area (Å²) in [6.45, 7) is 5.64. The highest BCUT2D eigenvalue weighted by atomic mass is 32.2. The minimum absolute atomic E-state index is 0.118. The molecule has 1 atom stereocenters. The Hall–Kier alpha value is -2.03. The monoisotopic (exact) mass is 343 g/mol. The second kappa shape index (κ2) is 8.00. The molecule has 1 aromatic heterocycles. The fourth-order valence-electron chi connectivity index (χ4n) is 1.61. The van der Waals surface area contributed by atoms with Gasteiger partial charge in [-0.25, -0.2) is 4.79 Å². The zero-order valence-electron chi connectivity index (χ0n) is 13.6. The number of hydrogen-bond acceptors (Lipinski definition) is 6. The molecule has 1 unspecified atom stereocenters. The third-order valence-corrected chi connectivity index (χ3v) is 3.43. The number of nitrogens with zero attached hydrogens (tertiary/aromatic N) is 3. The first-order valence-electron chi connectivity index (χ1n) is 6.96. The molecule has 1 amide bonds. The number of amides is 1. The summed E-state index contributed by atoms with van der Waals surface area (Å²) in [6.07, 6.45) is 2.15. The van der Waals surface area contributed by atoms with E-state index < -0.39 is 27.4 Å². The molecule has 8 nitrogen and oxygen atoms in total. The number of ether oxygens (including phenoxy) is 1. The lowest BCUT2D eigenvalue weighted by atomic mass is 10.2. The molecule has 1 heterocycles. The molecular formula is C14H21N3O5S. The molecule has 9 heteroatoms. The number of nitro groups is 1. The van der Waals surface area contributed by atoms with Crippen LogP contribution in [-0.2, 0) is 22.1 Å². The summed E-state index contributed by atoms with van der Waals surface area (Å²) in [4.78, 5) is 27.7. The topological polar surface area (TPSA) is 103 Å². The molecule has 0 aliphatic heterocycles. The maximum Gasteiger partial charge on any atom is 0.410 e. The van der Waals surface area contributed by atoms with E-state index in [9.17, 15) is 19.1 Å². The molecule has 0 aromatic carbocycles. The summed E-state index contributed by atoms with van der Waals surface area (Å²) in [5, 5.41) is 10.6. The molecule has 0 bridgehead atoms. The Labute approximate surface area is 137 Å². The van der Waals surface area contributed by atoms with Crippen molar-refractivity contribution in [1.82, 2.24) is 9.88 Å². The van der Waals surface area contributed by atoms with Crippen LogP contribution >= 0.6 is 0 Å². The van der Waals surface area contributed by atoms with E-state index in [1.807, 2.05) is 0 Å². The van der Waals surface area contributed by atoms with Crippen LogP contribution in [-0.4, -0.2) is 49.3 Å². The molecule has 0 spiro atoms. The zero-order chi connectivity index (χ0) is 17.6. The van der Waals surface area contributed by atoms with Crippen LogP contribution in [0.4, 0.5) is 10.5 Å². The molecule has 1 aromatic rings. The Morgan fingerprint density at radius 1 is 1.43 bits per heavy atom. The third kappa shape index (κ3) is 7.18. The van der Waals surface area contributed by atoms with Crippen LogP contribution in [0.3, 0.4) is 0 Å². The van der Waals surface area contributed by atoms with E-state index >= 15 is 0 Å². The van der Waals surface area contributed by atoms with E-state index in [0.717, 1.165) is 6.20 Å². The maximum atomic E-state index is 12.2. The summed E-state index contributed by atoms with van der Waals surface area (Å²) in [6, 6.07) is 2.81. The molecule has 128 valence electrons. The molecule has 0 fully saturated rings. The van der Waals surface area contributed by atoms with Gasteiger partial charge in [0.25, 0.3) is 5.69 Å². The fraction of sp³-hybridized carbons (Fsp3) is 0.571. The number of pyridine rings is 1. The molecule has 0 saturated heterocycles. The first-order chi connectivity index (χ1) is 10.6. The SMILES string of the molecule is CS(=O)CCN(Cc1ccc([N+](=O)[O-])cn1)C(=O)OC(C)(C)C. The zero-order valence-corrected chi connectivity index (χ0v) is 14.5. The van der Waals surface area contributed by atoms with Gasteiger partial charge in [0, 0.05) is 35.4 Å².